The molecule has 0 radical (unpaired) electrons. The van der Waals surface area contributed by atoms with Crippen molar-refractivity contribution in [1.82, 2.24) is 0 Å². The fourth-order valence-electron chi connectivity index (χ4n) is 1.70. The van der Waals surface area contributed by atoms with E-state index in [2.05, 4.69) is 0 Å². The van der Waals surface area contributed by atoms with E-state index in [1.807, 2.05) is 0 Å². The number of aliphatic hydroxyl groups is 1. The van der Waals surface area contributed by atoms with Gasteiger partial charge in [0.25, 0.3) is 0 Å². The lowest BCUT2D eigenvalue weighted by molar-refractivity contribution is -0.110. The number of hydrogen-bond donors (Lipinski definition) is 2. The number of para-hydroxylation sites is 1. The SMILES string of the molecule is O=C(/C=C(\O)c1ccccc1O)/C=C/c1ccc(Cl)cc1. The van der Waals surface area contributed by atoms with Crippen molar-refractivity contribution in [1.29, 1.82) is 0 Å². The van der Waals surface area contributed by atoms with E-state index in [0.29, 0.717) is 5.02 Å². The number of carbonyl (C=O) groups excluding carboxylic acids is 1. The molecule has 0 aromatic heterocycles. The molecule has 0 aliphatic carbocycles. The Morgan fingerprint density at radius 2 is 1.71 bits per heavy atom. The first-order valence-electron chi connectivity index (χ1n) is 6.23. The van der Waals surface area contributed by atoms with E-state index in [-0.39, 0.29) is 22.9 Å². The van der Waals surface area contributed by atoms with Gasteiger partial charge < -0.3 is 10.2 Å². The number of ketones is 1. The molecular formula is C17H13ClO3. The second kappa shape index (κ2) is 6.77. The standard InChI is InChI=1S/C17H13ClO3/c18-13-8-5-12(6-9-13)7-10-14(19)11-17(21)15-3-1-2-4-16(15)20/h1-11,20-21H/b10-7+,17-11-. The van der Waals surface area contributed by atoms with Gasteiger partial charge in [-0.3, -0.25) is 4.79 Å². The largest absolute Gasteiger partial charge is 0.507 e. The summed E-state index contributed by atoms with van der Waals surface area (Å²) in [5, 5.41) is 20.0. The minimum absolute atomic E-state index is 0.0827. The van der Waals surface area contributed by atoms with Crippen molar-refractivity contribution >= 4 is 29.2 Å². The van der Waals surface area contributed by atoms with E-state index in [4.69, 9.17) is 11.6 Å². The molecule has 0 unspecified atom stereocenters. The molecule has 0 aliphatic heterocycles. The van der Waals surface area contributed by atoms with Crippen LogP contribution in [0.2, 0.25) is 5.02 Å². The summed E-state index contributed by atoms with van der Waals surface area (Å²) in [6.45, 7) is 0. The summed E-state index contributed by atoms with van der Waals surface area (Å²) < 4.78 is 0. The van der Waals surface area contributed by atoms with Crippen molar-refractivity contribution < 1.29 is 15.0 Å². The molecular weight excluding hydrogens is 288 g/mol. The van der Waals surface area contributed by atoms with E-state index in [1.54, 1.807) is 42.5 Å². The van der Waals surface area contributed by atoms with Crippen LogP contribution >= 0.6 is 11.6 Å². The number of carbonyl (C=O) groups is 1. The summed E-state index contributed by atoms with van der Waals surface area (Å²) >= 11 is 5.77. The fraction of sp³-hybridized carbons (Fsp3) is 0. The smallest absolute Gasteiger partial charge is 0.182 e. The number of allylic oxidation sites excluding steroid dienone is 2. The Labute approximate surface area is 127 Å². The molecule has 2 aromatic carbocycles. The summed E-state index contributed by atoms with van der Waals surface area (Å²) in [5.74, 6) is -0.745. The zero-order valence-electron chi connectivity index (χ0n) is 11.0. The van der Waals surface area contributed by atoms with Gasteiger partial charge in [0.05, 0.1) is 5.56 Å². The number of phenols is 1. The molecule has 2 rings (SSSR count). The molecule has 0 bridgehead atoms. The summed E-state index contributed by atoms with van der Waals surface area (Å²) in [6, 6.07) is 13.3. The molecule has 0 aliphatic rings. The van der Waals surface area contributed by atoms with Gasteiger partial charge >= 0.3 is 0 Å². The third kappa shape index (κ3) is 4.23. The predicted molar refractivity (Wildman–Crippen MR) is 84.2 cm³/mol. The molecule has 0 amide bonds. The molecule has 0 fully saturated rings. The number of aromatic hydroxyl groups is 1. The van der Waals surface area contributed by atoms with Gasteiger partial charge in [-0.1, -0.05) is 41.9 Å². The molecule has 0 saturated carbocycles. The zero-order valence-corrected chi connectivity index (χ0v) is 11.8. The van der Waals surface area contributed by atoms with Crippen molar-refractivity contribution in [2.45, 2.75) is 0 Å². The first kappa shape index (κ1) is 14.9. The normalized spacial score (nSPS) is 11.8. The lowest BCUT2D eigenvalue weighted by Gasteiger charge is -2.01. The molecule has 21 heavy (non-hydrogen) atoms. The lowest BCUT2D eigenvalue weighted by atomic mass is 10.1. The van der Waals surface area contributed by atoms with Gasteiger partial charge in [-0.05, 0) is 35.9 Å². The topological polar surface area (TPSA) is 57.5 Å². The van der Waals surface area contributed by atoms with Crippen LogP contribution < -0.4 is 0 Å². The molecule has 4 heteroatoms. The number of halogens is 1. The van der Waals surface area contributed by atoms with E-state index in [1.165, 1.54) is 18.2 Å². The Balaban J connectivity index is 2.12. The average Bonchev–Trinajstić information content (AvgIpc) is 2.47. The third-order valence-electron chi connectivity index (χ3n) is 2.77. The van der Waals surface area contributed by atoms with Crippen LogP contribution in [0.3, 0.4) is 0 Å². The van der Waals surface area contributed by atoms with Crippen LogP contribution in [0.1, 0.15) is 11.1 Å². The Morgan fingerprint density at radius 1 is 1.05 bits per heavy atom. The highest BCUT2D eigenvalue weighted by atomic mass is 35.5. The summed E-state index contributed by atoms with van der Waals surface area (Å²) in [7, 11) is 0. The highest BCUT2D eigenvalue weighted by Crippen LogP contribution is 2.22. The van der Waals surface area contributed by atoms with Crippen molar-refractivity contribution in [3.8, 4) is 5.75 Å². The number of rotatable bonds is 4. The number of phenolic OH excluding ortho intramolecular Hbond substituents is 1. The van der Waals surface area contributed by atoms with Gasteiger partial charge in [0.1, 0.15) is 11.5 Å². The lowest BCUT2D eigenvalue weighted by Crippen LogP contribution is -1.91. The van der Waals surface area contributed by atoms with Crippen LogP contribution in [0, 0.1) is 0 Å². The van der Waals surface area contributed by atoms with Gasteiger partial charge in [-0.2, -0.15) is 0 Å². The maximum atomic E-state index is 11.7. The van der Waals surface area contributed by atoms with Gasteiger partial charge in [0, 0.05) is 11.1 Å². The number of hydrogen-bond acceptors (Lipinski definition) is 3. The minimum Gasteiger partial charge on any atom is -0.507 e. The highest BCUT2D eigenvalue weighted by Gasteiger charge is 2.05. The van der Waals surface area contributed by atoms with E-state index >= 15 is 0 Å². The molecule has 0 spiro atoms. The third-order valence-corrected chi connectivity index (χ3v) is 3.02. The van der Waals surface area contributed by atoms with Crippen molar-refractivity contribution in [3.05, 3.63) is 76.8 Å². The second-order valence-corrected chi connectivity index (χ2v) is 4.77. The van der Waals surface area contributed by atoms with E-state index in [9.17, 15) is 15.0 Å². The van der Waals surface area contributed by atoms with Crippen LogP contribution in [0.5, 0.6) is 5.75 Å². The Hall–Kier alpha value is -2.52. The summed E-state index contributed by atoms with van der Waals surface area (Å²) in [5.41, 5.74) is 1.04. The fourth-order valence-corrected chi connectivity index (χ4v) is 1.83. The molecule has 3 nitrogen and oxygen atoms in total. The molecule has 2 N–H and O–H groups in total. The maximum absolute atomic E-state index is 11.7. The molecule has 0 atom stereocenters. The maximum Gasteiger partial charge on any atom is 0.182 e. The summed E-state index contributed by atoms with van der Waals surface area (Å²) in [4.78, 5) is 11.7. The predicted octanol–water partition coefficient (Wildman–Crippen LogP) is 4.23. The first-order chi connectivity index (χ1) is 10.1. The molecule has 0 heterocycles. The van der Waals surface area contributed by atoms with Gasteiger partial charge in [0.2, 0.25) is 0 Å². The van der Waals surface area contributed by atoms with Crippen LogP contribution in [0.15, 0.2) is 60.7 Å². The summed E-state index contributed by atoms with van der Waals surface area (Å²) in [6.07, 6.45) is 4.01. The molecule has 0 saturated heterocycles. The van der Waals surface area contributed by atoms with Gasteiger partial charge in [-0.15, -0.1) is 0 Å². The Kier molecular flexibility index (Phi) is 4.80. The van der Waals surface area contributed by atoms with E-state index < -0.39 is 0 Å². The molecule has 2 aromatic rings. The number of aliphatic hydroxyl groups excluding tert-OH is 1. The van der Waals surface area contributed by atoms with Crippen molar-refractivity contribution in [2.24, 2.45) is 0 Å². The van der Waals surface area contributed by atoms with E-state index in [0.717, 1.165) is 11.6 Å². The van der Waals surface area contributed by atoms with Crippen LogP contribution in [0.25, 0.3) is 11.8 Å². The minimum atomic E-state index is -0.384. The highest BCUT2D eigenvalue weighted by molar-refractivity contribution is 6.30. The molecule has 106 valence electrons. The van der Waals surface area contributed by atoms with Crippen molar-refractivity contribution in [3.63, 3.8) is 0 Å². The Bertz CT molecular complexity index is 700. The average molecular weight is 301 g/mol. The quantitative estimate of drug-likeness (QED) is 0.656. The first-order valence-corrected chi connectivity index (χ1v) is 6.61. The number of benzene rings is 2. The van der Waals surface area contributed by atoms with Gasteiger partial charge in [0.15, 0.2) is 5.78 Å². The monoisotopic (exact) mass is 300 g/mol. The Morgan fingerprint density at radius 3 is 2.38 bits per heavy atom. The van der Waals surface area contributed by atoms with Gasteiger partial charge in [-0.25, -0.2) is 0 Å². The van der Waals surface area contributed by atoms with Crippen LogP contribution in [-0.2, 0) is 4.79 Å². The van der Waals surface area contributed by atoms with Crippen molar-refractivity contribution in [2.75, 3.05) is 0 Å². The van der Waals surface area contributed by atoms with Crippen LogP contribution in [-0.4, -0.2) is 16.0 Å². The second-order valence-electron chi connectivity index (χ2n) is 4.33. The van der Waals surface area contributed by atoms with Crippen LogP contribution in [0.4, 0.5) is 0 Å². The zero-order chi connectivity index (χ0) is 15.2.